The van der Waals surface area contributed by atoms with Crippen LogP contribution in [0.15, 0.2) is 12.3 Å². The van der Waals surface area contributed by atoms with Crippen LogP contribution in [0, 0.1) is 0 Å². The summed E-state index contributed by atoms with van der Waals surface area (Å²) in [5.74, 6) is 1.33. The summed E-state index contributed by atoms with van der Waals surface area (Å²) in [6, 6.07) is 0. The predicted octanol–water partition coefficient (Wildman–Crippen LogP) is 3.21. The summed E-state index contributed by atoms with van der Waals surface area (Å²) in [4.78, 5) is 0. The van der Waals surface area contributed by atoms with Crippen molar-refractivity contribution >= 4 is 11.8 Å². The van der Waals surface area contributed by atoms with Gasteiger partial charge in [-0.15, -0.1) is 0 Å². The Labute approximate surface area is 79.6 Å². The highest BCUT2D eigenvalue weighted by atomic mass is 32.2. The van der Waals surface area contributed by atoms with Crippen molar-refractivity contribution in [2.75, 3.05) is 12.4 Å². The van der Waals surface area contributed by atoms with E-state index in [2.05, 4.69) is 18.7 Å². The Morgan fingerprint density at radius 2 is 2.42 bits per heavy atom. The Kier molecular flexibility index (Phi) is 3.99. The molecule has 0 aromatic heterocycles. The number of ether oxygens (including phenoxy) is 1. The fourth-order valence-electron chi connectivity index (χ4n) is 1.47. The molecule has 1 saturated heterocycles. The van der Waals surface area contributed by atoms with E-state index < -0.39 is 0 Å². The molecule has 1 unspecified atom stereocenters. The molecule has 0 spiro atoms. The van der Waals surface area contributed by atoms with Crippen molar-refractivity contribution in [3.8, 4) is 0 Å². The number of allylic oxidation sites excluding steroid dienone is 1. The molecule has 0 bridgehead atoms. The molecule has 70 valence electrons. The minimum Gasteiger partial charge on any atom is -0.501 e. The Morgan fingerprint density at radius 1 is 1.58 bits per heavy atom. The predicted molar refractivity (Wildman–Crippen MR) is 55.5 cm³/mol. The summed E-state index contributed by atoms with van der Waals surface area (Å²) in [5, 5.41) is 0. The van der Waals surface area contributed by atoms with Crippen molar-refractivity contribution < 1.29 is 4.74 Å². The minimum absolute atomic E-state index is 0.502. The molecule has 0 radical (unpaired) electrons. The second-order valence-corrected chi connectivity index (χ2v) is 5.17. The number of thioether (sulfide) groups is 1. The van der Waals surface area contributed by atoms with Crippen LogP contribution in [0.1, 0.15) is 33.1 Å². The maximum absolute atomic E-state index is 5.32. The highest BCUT2D eigenvalue weighted by Gasteiger charge is 2.28. The van der Waals surface area contributed by atoms with Crippen LogP contribution < -0.4 is 0 Å². The minimum atomic E-state index is 0.502. The molecule has 0 aromatic carbocycles. The van der Waals surface area contributed by atoms with Crippen LogP contribution in [0.4, 0.5) is 0 Å². The molecule has 1 aliphatic rings. The van der Waals surface area contributed by atoms with E-state index in [1.165, 1.54) is 25.0 Å². The molecule has 1 atom stereocenters. The fourth-order valence-corrected chi connectivity index (χ4v) is 2.77. The molecule has 0 aliphatic carbocycles. The lowest BCUT2D eigenvalue weighted by Crippen LogP contribution is -2.17. The summed E-state index contributed by atoms with van der Waals surface area (Å²) in [7, 11) is 0. The average molecular weight is 186 g/mol. The van der Waals surface area contributed by atoms with Gasteiger partial charge in [0.05, 0.1) is 12.9 Å². The zero-order chi connectivity index (χ0) is 8.86. The van der Waals surface area contributed by atoms with Gasteiger partial charge >= 0.3 is 0 Å². The van der Waals surface area contributed by atoms with Crippen LogP contribution in [0.5, 0.6) is 0 Å². The fraction of sp³-hybridized carbons (Fsp3) is 0.800. The van der Waals surface area contributed by atoms with E-state index in [9.17, 15) is 0 Å². The highest BCUT2D eigenvalue weighted by Crippen LogP contribution is 2.40. The van der Waals surface area contributed by atoms with Crippen molar-refractivity contribution in [2.24, 2.45) is 0 Å². The third-order valence-electron chi connectivity index (χ3n) is 2.28. The monoisotopic (exact) mass is 186 g/mol. The van der Waals surface area contributed by atoms with Crippen molar-refractivity contribution in [1.82, 2.24) is 0 Å². The molecule has 2 heteroatoms. The Balaban J connectivity index is 2.12. The molecular weight excluding hydrogens is 168 g/mol. The van der Waals surface area contributed by atoms with E-state index in [0.29, 0.717) is 4.75 Å². The maximum atomic E-state index is 5.32. The van der Waals surface area contributed by atoms with Gasteiger partial charge in [0.2, 0.25) is 0 Å². The average Bonchev–Trinajstić information content (AvgIpc) is 2.47. The molecule has 0 amide bonds. The lowest BCUT2D eigenvalue weighted by atomic mass is 10.0. The van der Waals surface area contributed by atoms with Gasteiger partial charge in [-0.2, -0.15) is 11.8 Å². The third kappa shape index (κ3) is 3.10. The molecule has 12 heavy (non-hydrogen) atoms. The van der Waals surface area contributed by atoms with E-state index in [0.717, 1.165) is 6.61 Å². The van der Waals surface area contributed by atoms with Gasteiger partial charge in [0.1, 0.15) is 0 Å². The van der Waals surface area contributed by atoms with Gasteiger partial charge in [0.25, 0.3) is 0 Å². The van der Waals surface area contributed by atoms with E-state index in [-0.39, 0.29) is 0 Å². The van der Waals surface area contributed by atoms with Crippen molar-refractivity contribution in [1.29, 1.82) is 0 Å². The zero-order valence-electron chi connectivity index (χ0n) is 8.01. The molecule has 1 nitrogen and oxygen atoms in total. The van der Waals surface area contributed by atoms with Gasteiger partial charge in [-0.25, -0.2) is 0 Å². The van der Waals surface area contributed by atoms with Gasteiger partial charge in [-0.3, -0.25) is 0 Å². The normalized spacial score (nSPS) is 29.8. The molecule has 1 heterocycles. The molecule has 0 N–H and O–H groups in total. The first-order chi connectivity index (χ1) is 5.77. The largest absolute Gasteiger partial charge is 0.501 e. The summed E-state index contributed by atoms with van der Waals surface area (Å²) >= 11 is 2.10. The van der Waals surface area contributed by atoms with Crippen LogP contribution in [0.2, 0.25) is 0 Å². The van der Waals surface area contributed by atoms with Crippen LogP contribution in [0.25, 0.3) is 0 Å². The number of hydrogen-bond acceptors (Lipinski definition) is 2. The summed E-state index contributed by atoms with van der Waals surface area (Å²) < 4.78 is 5.82. The first kappa shape index (κ1) is 9.97. The number of hydrogen-bond donors (Lipinski definition) is 0. The van der Waals surface area contributed by atoms with Gasteiger partial charge < -0.3 is 4.74 Å². The van der Waals surface area contributed by atoms with Crippen molar-refractivity contribution in [2.45, 2.75) is 37.9 Å². The first-order valence-electron chi connectivity index (χ1n) is 4.63. The number of rotatable bonds is 4. The highest BCUT2D eigenvalue weighted by molar-refractivity contribution is 8.00. The summed E-state index contributed by atoms with van der Waals surface area (Å²) in [5.41, 5.74) is 0. The smallest absolute Gasteiger partial charge is 0.0886 e. The van der Waals surface area contributed by atoms with E-state index in [1.807, 2.05) is 13.0 Å². The van der Waals surface area contributed by atoms with Crippen LogP contribution in [-0.2, 0) is 4.74 Å². The third-order valence-corrected chi connectivity index (χ3v) is 3.88. The zero-order valence-corrected chi connectivity index (χ0v) is 8.82. The van der Waals surface area contributed by atoms with E-state index in [4.69, 9.17) is 4.74 Å². The second kappa shape index (κ2) is 4.80. The summed E-state index contributed by atoms with van der Waals surface area (Å²) in [6.07, 6.45) is 7.64. The molecule has 1 rings (SSSR count). The van der Waals surface area contributed by atoms with Gasteiger partial charge in [-0.05, 0) is 31.9 Å². The lowest BCUT2D eigenvalue weighted by molar-refractivity contribution is 0.231. The van der Waals surface area contributed by atoms with Crippen molar-refractivity contribution in [3.05, 3.63) is 12.3 Å². The van der Waals surface area contributed by atoms with Crippen LogP contribution >= 0.6 is 11.8 Å². The molecule has 0 aromatic rings. The standard InChI is InChI=1S/C10H18OS/c1-3-7-11-8-6-10(2)5-4-9-12-10/h3,7H,4-6,8-9H2,1-2H3/b7-3+. The van der Waals surface area contributed by atoms with Crippen LogP contribution in [-0.4, -0.2) is 17.1 Å². The van der Waals surface area contributed by atoms with Gasteiger partial charge in [0, 0.05) is 4.75 Å². The Bertz CT molecular complexity index is 148. The topological polar surface area (TPSA) is 9.23 Å². The second-order valence-electron chi connectivity index (χ2n) is 3.49. The molecular formula is C10H18OS. The Hall–Kier alpha value is -0.110. The molecule has 0 saturated carbocycles. The lowest BCUT2D eigenvalue weighted by Gasteiger charge is -2.21. The first-order valence-corrected chi connectivity index (χ1v) is 5.62. The van der Waals surface area contributed by atoms with Crippen molar-refractivity contribution in [3.63, 3.8) is 0 Å². The maximum Gasteiger partial charge on any atom is 0.0886 e. The molecule has 1 aliphatic heterocycles. The quantitative estimate of drug-likeness (QED) is 0.492. The van der Waals surface area contributed by atoms with Crippen LogP contribution in [0.3, 0.4) is 0 Å². The summed E-state index contributed by atoms with van der Waals surface area (Å²) in [6.45, 7) is 5.20. The SMILES string of the molecule is C/C=C/OCCC1(C)CCCS1. The van der Waals surface area contributed by atoms with E-state index >= 15 is 0 Å². The molecule has 1 fully saturated rings. The van der Waals surface area contributed by atoms with Gasteiger partial charge in [0.15, 0.2) is 0 Å². The Morgan fingerprint density at radius 3 is 3.00 bits per heavy atom. The van der Waals surface area contributed by atoms with Gasteiger partial charge in [-0.1, -0.05) is 13.0 Å². The van der Waals surface area contributed by atoms with E-state index in [1.54, 1.807) is 6.26 Å².